The first-order valence-corrected chi connectivity index (χ1v) is 12.9. The molecule has 8 nitrogen and oxygen atoms in total. The Morgan fingerprint density at radius 1 is 0.765 bits per heavy atom. The highest BCUT2D eigenvalue weighted by Gasteiger charge is 2.32. The molecule has 4 atom stereocenters. The van der Waals surface area contributed by atoms with E-state index in [9.17, 15) is 25.2 Å². The molecule has 1 amide bonds. The molecule has 0 aromatic carbocycles. The molecule has 206 valence electrons. The van der Waals surface area contributed by atoms with E-state index in [1.165, 1.54) is 76.2 Å². The van der Waals surface area contributed by atoms with Crippen LogP contribution in [0.2, 0.25) is 0 Å². The molecule has 0 saturated heterocycles. The predicted molar refractivity (Wildman–Crippen MR) is 132 cm³/mol. The lowest BCUT2D eigenvalue weighted by Crippen LogP contribution is -3.00. The zero-order valence-electron chi connectivity index (χ0n) is 22.0. The number of carbonyl (C=O) groups excluding carboxylic acids is 1. The van der Waals surface area contributed by atoms with Gasteiger partial charge in [-0.15, -0.1) is 0 Å². The minimum Gasteiger partial charge on any atom is -1.00 e. The van der Waals surface area contributed by atoms with Crippen LogP contribution in [-0.4, -0.2) is 113 Å². The number of amides is 1. The quantitative estimate of drug-likeness (QED) is 0.0958. The fraction of sp³-hybridized carbons (Fsp3) is 0.960. The molecule has 34 heavy (non-hydrogen) atoms. The summed E-state index contributed by atoms with van der Waals surface area (Å²) in [6.07, 6.45) is 9.21. The van der Waals surface area contributed by atoms with Gasteiger partial charge in [-0.1, -0.05) is 71.1 Å². The molecule has 5 N–H and O–H groups in total. The molecule has 0 heterocycles. The SMILES string of the molecule is CCCCCCCCCCCCCC[N+](C)(C)CC(=O)N(C)C[C@H](O)[C@@H](O)[C@H](O)[C@H](O)CO.[Cl-]. The van der Waals surface area contributed by atoms with Crippen LogP contribution in [0.5, 0.6) is 0 Å². The van der Waals surface area contributed by atoms with Gasteiger partial charge in [-0.05, 0) is 12.8 Å². The number of aliphatic hydroxyl groups is 5. The third-order valence-electron chi connectivity index (χ3n) is 6.39. The first kappa shape index (κ1) is 35.7. The summed E-state index contributed by atoms with van der Waals surface area (Å²) in [6, 6.07) is 0. The molecule has 0 aliphatic rings. The minimum absolute atomic E-state index is 0. The average Bonchev–Trinajstić information content (AvgIpc) is 2.77. The Kier molecular flexibility index (Phi) is 21.7. The predicted octanol–water partition coefficient (Wildman–Crippen LogP) is -1.34. The number of halogens is 1. The van der Waals surface area contributed by atoms with Gasteiger partial charge in [-0.3, -0.25) is 4.79 Å². The lowest BCUT2D eigenvalue weighted by molar-refractivity contribution is -0.883. The molecular formula is C25H53ClN2O6. The third-order valence-corrected chi connectivity index (χ3v) is 6.39. The highest BCUT2D eigenvalue weighted by Crippen LogP contribution is 2.13. The van der Waals surface area contributed by atoms with Gasteiger partial charge in [0.05, 0.1) is 27.2 Å². The minimum atomic E-state index is -1.69. The normalized spacial score (nSPS) is 15.3. The van der Waals surface area contributed by atoms with Gasteiger partial charge in [0.15, 0.2) is 6.54 Å². The lowest BCUT2D eigenvalue weighted by Gasteiger charge is -2.32. The largest absolute Gasteiger partial charge is 1.00 e. The summed E-state index contributed by atoms with van der Waals surface area (Å²) in [5.41, 5.74) is 0. The van der Waals surface area contributed by atoms with Crippen molar-refractivity contribution in [3.05, 3.63) is 0 Å². The van der Waals surface area contributed by atoms with E-state index in [0.29, 0.717) is 4.48 Å². The maximum Gasteiger partial charge on any atom is 0.277 e. The third kappa shape index (κ3) is 17.0. The maximum atomic E-state index is 12.6. The number of unbranched alkanes of at least 4 members (excludes halogenated alkanes) is 11. The number of rotatable bonds is 21. The summed E-state index contributed by atoms with van der Waals surface area (Å²) in [5.74, 6) is -0.164. The summed E-state index contributed by atoms with van der Waals surface area (Å²) < 4.78 is 0.547. The lowest BCUT2D eigenvalue weighted by atomic mass is 10.0. The summed E-state index contributed by atoms with van der Waals surface area (Å²) in [5, 5.41) is 47.9. The molecule has 0 bridgehead atoms. The van der Waals surface area contributed by atoms with E-state index in [1.54, 1.807) is 0 Å². The van der Waals surface area contributed by atoms with Gasteiger partial charge in [0, 0.05) is 13.6 Å². The molecule has 9 heteroatoms. The average molecular weight is 513 g/mol. The van der Waals surface area contributed by atoms with Crippen molar-refractivity contribution in [3.63, 3.8) is 0 Å². The Balaban J connectivity index is 0. The van der Waals surface area contributed by atoms with Crippen LogP contribution in [0, 0.1) is 0 Å². The second-order valence-corrected chi connectivity index (χ2v) is 10.3. The van der Waals surface area contributed by atoms with Gasteiger partial charge in [-0.2, -0.15) is 0 Å². The van der Waals surface area contributed by atoms with Crippen LogP contribution in [0.25, 0.3) is 0 Å². The van der Waals surface area contributed by atoms with E-state index in [2.05, 4.69) is 6.92 Å². The van der Waals surface area contributed by atoms with Gasteiger partial charge in [0.1, 0.15) is 24.4 Å². The van der Waals surface area contributed by atoms with E-state index >= 15 is 0 Å². The molecular weight excluding hydrogens is 460 g/mol. The molecule has 0 spiro atoms. The molecule has 0 aliphatic carbocycles. The van der Waals surface area contributed by atoms with Crippen molar-refractivity contribution in [1.82, 2.24) is 4.90 Å². The summed E-state index contributed by atoms with van der Waals surface area (Å²) in [7, 11) is 5.56. The Hall–Kier alpha value is -0.480. The van der Waals surface area contributed by atoms with E-state index in [1.807, 2.05) is 14.1 Å². The van der Waals surface area contributed by atoms with Crippen LogP contribution < -0.4 is 12.4 Å². The van der Waals surface area contributed by atoms with Crippen molar-refractivity contribution in [3.8, 4) is 0 Å². The number of hydrogen-bond donors (Lipinski definition) is 5. The standard InChI is InChI=1S/C25H53N2O6.ClH/c1-5-6-7-8-9-10-11-12-13-14-15-16-17-27(3,4)19-23(31)26(2)18-21(29)24(32)25(33)22(30)20-28;/h21-22,24-25,28-30,32-33H,5-20H2,1-4H3;1H/q+1;/p-1/t21-,22+,24+,25+;/m0./s1. The Morgan fingerprint density at radius 3 is 1.62 bits per heavy atom. The van der Waals surface area contributed by atoms with E-state index in [-0.39, 0.29) is 31.4 Å². The number of quaternary nitrogens is 1. The molecule has 0 unspecified atom stereocenters. The molecule has 0 aromatic rings. The summed E-state index contributed by atoms with van der Waals surface area (Å²) in [4.78, 5) is 13.9. The fourth-order valence-electron chi connectivity index (χ4n) is 4.00. The summed E-state index contributed by atoms with van der Waals surface area (Å²) >= 11 is 0. The molecule has 0 aromatic heterocycles. The number of nitrogens with zero attached hydrogens (tertiary/aromatic N) is 2. The number of likely N-dealkylation sites (N-methyl/N-ethyl adjacent to an activating group) is 2. The van der Waals surface area contributed by atoms with Crippen molar-refractivity contribution < 1.29 is 47.2 Å². The second kappa shape index (κ2) is 20.7. The van der Waals surface area contributed by atoms with Crippen LogP contribution in [0.3, 0.4) is 0 Å². The van der Waals surface area contributed by atoms with Crippen molar-refractivity contribution >= 4 is 5.91 Å². The van der Waals surface area contributed by atoms with Gasteiger partial charge in [-0.25, -0.2) is 0 Å². The Morgan fingerprint density at radius 2 is 1.18 bits per heavy atom. The molecule has 0 aliphatic heterocycles. The van der Waals surface area contributed by atoms with Crippen molar-refractivity contribution in [2.24, 2.45) is 0 Å². The first-order valence-electron chi connectivity index (χ1n) is 12.9. The van der Waals surface area contributed by atoms with E-state index < -0.39 is 31.0 Å². The highest BCUT2D eigenvalue weighted by molar-refractivity contribution is 5.77. The maximum absolute atomic E-state index is 12.6. The van der Waals surface area contributed by atoms with Gasteiger partial charge in [0.2, 0.25) is 0 Å². The van der Waals surface area contributed by atoms with Crippen LogP contribution in [0.1, 0.15) is 84.0 Å². The zero-order chi connectivity index (χ0) is 25.3. The van der Waals surface area contributed by atoms with Gasteiger partial charge >= 0.3 is 0 Å². The number of aliphatic hydroxyl groups excluding tert-OH is 5. The molecule has 0 rings (SSSR count). The number of hydrogen-bond acceptors (Lipinski definition) is 6. The van der Waals surface area contributed by atoms with Crippen molar-refractivity contribution in [1.29, 1.82) is 0 Å². The topological polar surface area (TPSA) is 121 Å². The van der Waals surface area contributed by atoms with Crippen molar-refractivity contribution in [2.75, 3.05) is 47.4 Å². The monoisotopic (exact) mass is 512 g/mol. The molecule has 0 radical (unpaired) electrons. The van der Waals surface area contributed by atoms with E-state index in [4.69, 9.17) is 5.11 Å². The smallest absolute Gasteiger partial charge is 0.277 e. The Bertz CT molecular complexity index is 498. The molecule has 0 fully saturated rings. The van der Waals surface area contributed by atoms with Gasteiger partial charge < -0.3 is 47.3 Å². The van der Waals surface area contributed by atoms with Gasteiger partial charge in [0.25, 0.3) is 5.91 Å². The fourth-order valence-corrected chi connectivity index (χ4v) is 4.00. The Labute approximate surface area is 214 Å². The highest BCUT2D eigenvalue weighted by atomic mass is 35.5. The van der Waals surface area contributed by atoms with Crippen LogP contribution >= 0.6 is 0 Å². The second-order valence-electron chi connectivity index (χ2n) is 10.3. The van der Waals surface area contributed by atoms with Crippen LogP contribution in [-0.2, 0) is 4.79 Å². The van der Waals surface area contributed by atoms with Crippen LogP contribution in [0.4, 0.5) is 0 Å². The zero-order valence-corrected chi connectivity index (χ0v) is 22.8. The molecule has 0 saturated carbocycles. The van der Waals surface area contributed by atoms with Crippen LogP contribution in [0.15, 0.2) is 0 Å². The summed E-state index contributed by atoms with van der Waals surface area (Å²) in [6.45, 7) is 2.51. The van der Waals surface area contributed by atoms with Crippen molar-refractivity contribution in [2.45, 2.75) is 108 Å². The van der Waals surface area contributed by atoms with E-state index in [0.717, 1.165) is 19.4 Å². The first-order chi connectivity index (χ1) is 15.6. The number of carbonyl (C=O) groups is 1.